The van der Waals surface area contributed by atoms with Crippen LogP contribution < -0.4 is 4.74 Å². The highest BCUT2D eigenvalue weighted by molar-refractivity contribution is 5.30. The van der Waals surface area contributed by atoms with Gasteiger partial charge in [-0.1, -0.05) is 84.6 Å². The Morgan fingerprint density at radius 2 is 0.794 bits per heavy atom. The predicted octanol–water partition coefficient (Wildman–Crippen LogP) is 6.53. The first kappa shape index (κ1) is 27.4. The lowest BCUT2D eigenvalue weighted by Crippen LogP contribution is -1.89. The van der Waals surface area contributed by atoms with E-state index in [-0.39, 0.29) is 0 Å². The maximum atomic E-state index is 8.63. The third-order valence-corrected chi connectivity index (χ3v) is 3.61. The Hall–Kier alpha value is -4.64. The molecule has 2 N–H and O–H groups in total. The van der Waals surface area contributed by atoms with E-state index >= 15 is 0 Å². The fraction of sp³-hybridized carbons (Fsp3) is 0.0667. The molecule has 0 aromatic heterocycles. The molecule has 34 heavy (non-hydrogen) atoms. The second kappa shape index (κ2) is 19.1. The van der Waals surface area contributed by atoms with Crippen LogP contribution in [0.15, 0.2) is 121 Å². The Kier molecular flexibility index (Phi) is 15.4. The molecule has 0 aliphatic rings. The van der Waals surface area contributed by atoms with Gasteiger partial charge in [0.05, 0.1) is 0 Å². The summed E-state index contributed by atoms with van der Waals surface area (Å²) in [5, 5.41) is 17.3. The van der Waals surface area contributed by atoms with E-state index in [1.165, 1.54) is 0 Å². The molecule has 0 saturated heterocycles. The summed E-state index contributed by atoms with van der Waals surface area (Å²) in [7, 11) is 0. The number of rotatable bonds is 4. The van der Waals surface area contributed by atoms with Crippen LogP contribution in [0.3, 0.4) is 0 Å². The molecule has 0 radical (unpaired) electrons. The molecule has 0 unspecified atom stereocenters. The van der Waals surface area contributed by atoms with Gasteiger partial charge in [-0.2, -0.15) is 0 Å². The summed E-state index contributed by atoms with van der Waals surface area (Å²) in [5.41, 5.74) is 0. The molecule has 172 valence electrons. The van der Waals surface area contributed by atoms with Crippen molar-refractivity contribution in [1.29, 1.82) is 0 Å². The van der Waals surface area contributed by atoms with Crippen LogP contribution in [0.25, 0.3) is 0 Å². The molecule has 0 spiro atoms. The molecule has 4 heteroatoms. The van der Waals surface area contributed by atoms with Gasteiger partial charge in [0.2, 0.25) is 0 Å². The molecule has 0 saturated carbocycles. The van der Waals surface area contributed by atoms with Gasteiger partial charge < -0.3 is 19.7 Å². The van der Waals surface area contributed by atoms with E-state index in [1.54, 1.807) is 48.5 Å². The van der Waals surface area contributed by atoms with Crippen LogP contribution in [0.2, 0.25) is 0 Å². The number of ether oxygens (including phenoxy) is 2. The van der Waals surface area contributed by atoms with E-state index in [2.05, 4.69) is 16.6 Å². The molecule has 4 aromatic rings. The minimum atomic E-state index is 0.310. The number of aromatic hydroxyl groups is 2. The second-order valence-corrected chi connectivity index (χ2v) is 6.30. The summed E-state index contributed by atoms with van der Waals surface area (Å²) in [6, 6.07) is 36.9. The van der Waals surface area contributed by atoms with E-state index in [1.807, 2.05) is 72.8 Å². The topological polar surface area (TPSA) is 58.9 Å². The van der Waals surface area contributed by atoms with Gasteiger partial charge in [-0.15, -0.1) is 12.8 Å². The zero-order chi connectivity index (χ0) is 24.7. The number of benzene rings is 4. The lowest BCUT2D eigenvalue weighted by Gasteiger charge is -2.03. The van der Waals surface area contributed by atoms with Crippen LogP contribution >= 0.6 is 0 Å². The van der Waals surface area contributed by atoms with Crippen molar-refractivity contribution < 1.29 is 19.7 Å². The maximum Gasteiger partial charge on any atom is 0.127 e. The number of phenolic OH excluding ortho intramolecular Hbond substituents is 2. The Morgan fingerprint density at radius 1 is 0.500 bits per heavy atom. The highest BCUT2D eigenvalue weighted by atomic mass is 16.5. The average molecular weight is 453 g/mol. The van der Waals surface area contributed by atoms with Crippen molar-refractivity contribution in [2.24, 2.45) is 0 Å². The van der Waals surface area contributed by atoms with Gasteiger partial charge in [0.25, 0.3) is 0 Å². The van der Waals surface area contributed by atoms with Gasteiger partial charge >= 0.3 is 0 Å². The monoisotopic (exact) mass is 452 g/mol. The molecule has 0 amide bonds. The molecule has 0 aliphatic heterocycles. The van der Waals surface area contributed by atoms with Crippen molar-refractivity contribution in [2.75, 3.05) is 13.2 Å². The smallest absolute Gasteiger partial charge is 0.127 e. The predicted molar refractivity (Wildman–Crippen MR) is 138 cm³/mol. The fourth-order valence-corrected chi connectivity index (χ4v) is 2.14. The van der Waals surface area contributed by atoms with Crippen LogP contribution in [-0.4, -0.2) is 23.4 Å². The average Bonchev–Trinajstić information content (AvgIpc) is 2.88. The normalized spacial score (nSPS) is 8.53. The largest absolute Gasteiger partial charge is 0.508 e. The van der Waals surface area contributed by atoms with E-state index in [4.69, 9.17) is 27.8 Å². The zero-order valence-corrected chi connectivity index (χ0v) is 18.8. The van der Waals surface area contributed by atoms with Gasteiger partial charge in [-0.3, -0.25) is 0 Å². The van der Waals surface area contributed by atoms with Crippen LogP contribution in [0, 0.1) is 24.7 Å². The first-order valence-electron chi connectivity index (χ1n) is 10.4. The van der Waals surface area contributed by atoms with E-state index < -0.39 is 0 Å². The summed E-state index contributed by atoms with van der Waals surface area (Å²) in [4.78, 5) is 0. The Labute approximate surface area is 202 Å². The summed E-state index contributed by atoms with van der Waals surface area (Å²) >= 11 is 0. The van der Waals surface area contributed by atoms with Crippen LogP contribution in [-0.2, 0) is 4.74 Å². The molecular formula is C30H28O4. The SMILES string of the molecule is C#CCOCC#C.Oc1ccccc1.Oc1ccccc1.c1ccc(Oc2ccccc2)cc1. The van der Waals surface area contributed by atoms with E-state index in [0.717, 1.165) is 11.5 Å². The number of terminal acetylenes is 2. The quantitative estimate of drug-likeness (QED) is 0.273. The zero-order valence-electron chi connectivity index (χ0n) is 18.8. The standard InChI is InChI=1S/C12H10O.3C6H6O/c1-3-7-11(8-4-1)13-12-9-5-2-6-10-12;2*7-6-4-2-1-3-5-6;1-3-5-7-6-4-2/h1-10H;2*1-5,7H;1-2H,5-6H2. The van der Waals surface area contributed by atoms with E-state index in [0.29, 0.717) is 24.7 Å². The van der Waals surface area contributed by atoms with Gasteiger partial charge in [0, 0.05) is 0 Å². The first-order valence-corrected chi connectivity index (χ1v) is 10.4. The third kappa shape index (κ3) is 15.2. The molecule has 4 aromatic carbocycles. The molecule has 0 heterocycles. The molecular weight excluding hydrogens is 424 g/mol. The molecule has 0 aliphatic carbocycles. The minimum Gasteiger partial charge on any atom is -0.508 e. The van der Waals surface area contributed by atoms with Gasteiger partial charge in [0.15, 0.2) is 0 Å². The van der Waals surface area contributed by atoms with Crippen LogP contribution in [0.4, 0.5) is 0 Å². The van der Waals surface area contributed by atoms with Crippen LogP contribution in [0.1, 0.15) is 0 Å². The molecule has 0 bridgehead atoms. The summed E-state index contributed by atoms with van der Waals surface area (Å²) in [6.07, 6.45) is 9.65. The fourth-order valence-electron chi connectivity index (χ4n) is 2.14. The third-order valence-electron chi connectivity index (χ3n) is 3.61. The van der Waals surface area contributed by atoms with Crippen molar-refractivity contribution in [1.82, 2.24) is 0 Å². The molecule has 0 fully saturated rings. The first-order chi connectivity index (χ1) is 16.7. The van der Waals surface area contributed by atoms with Crippen molar-refractivity contribution in [3.63, 3.8) is 0 Å². The van der Waals surface area contributed by atoms with Gasteiger partial charge in [-0.25, -0.2) is 0 Å². The maximum absolute atomic E-state index is 8.63. The summed E-state index contributed by atoms with van der Waals surface area (Å²) in [6.45, 7) is 0.619. The van der Waals surface area contributed by atoms with Crippen molar-refractivity contribution >= 4 is 0 Å². The lowest BCUT2D eigenvalue weighted by atomic mass is 10.3. The minimum absolute atomic E-state index is 0.310. The van der Waals surface area contributed by atoms with E-state index in [9.17, 15) is 0 Å². The number of phenols is 2. The van der Waals surface area contributed by atoms with Gasteiger partial charge in [-0.05, 0) is 48.5 Å². The molecule has 4 nitrogen and oxygen atoms in total. The summed E-state index contributed by atoms with van der Waals surface area (Å²) in [5.74, 6) is 6.95. The lowest BCUT2D eigenvalue weighted by molar-refractivity contribution is 0.205. The second-order valence-electron chi connectivity index (χ2n) is 6.30. The van der Waals surface area contributed by atoms with Crippen molar-refractivity contribution in [3.8, 4) is 47.7 Å². The Bertz CT molecular complexity index is 980. The van der Waals surface area contributed by atoms with Crippen molar-refractivity contribution in [2.45, 2.75) is 0 Å². The summed E-state index contributed by atoms with van der Waals surface area (Å²) < 4.78 is 10.2. The molecule has 0 atom stereocenters. The van der Waals surface area contributed by atoms with Crippen LogP contribution in [0.5, 0.6) is 23.0 Å². The Morgan fingerprint density at radius 3 is 1.03 bits per heavy atom. The van der Waals surface area contributed by atoms with Crippen molar-refractivity contribution in [3.05, 3.63) is 121 Å². The highest BCUT2D eigenvalue weighted by Crippen LogP contribution is 2.19. The van der Waals surface area contributed by atoms with Gasteiger partial charge in [0.1, 0.15) is 36.2 Å². The number of para-hydroxylation sites is 4. The molecule has 4 rings (SSSR count). The Balaban J connectivity index is 0.000000239. The number of hydrogen-bond donors (Lipinski definition) is 2. The highest BCUT2D eigenvalue weighted by Gasteiger charge is 1.92. The number of hydrogen-bond acceptors (Lipinski definition) is 4.